The van der Waals surface area contributed by atoms with Crippen molar-refractivity contribution in [2.75, 3.05) is 0 Å². The molecule has 0 radical (unpaired) electrons. The number of rotatable bonds is 11. The Morgan fingerprint density at radius 1 is 0.714 bits per heavy atom. The van der Waals surface area contributed by atoms with Gasteiger partial charge in [0.2, 0.25) is 0 Å². The molecule has 0 aromatic carbocycles. The Kier molecular flexibility index (Phi) is 16.0. The Balaban J connectivity index is 2.78. The third-order valence-corrected chi connectivity index (χ3v) is 5.79. The summed E-state index contributed by atoms with van der Waals surface area (Å²) in [6, 6.07) is 0. The van der Waals surface area contributed by atoms with E-state index in [9.17, 15) is 0 Å². The molecule has 82 valence electrons. The molecule has 0 unspecified atom stereocenters. The zero-order valence-corrected chi connectivity index (χ0v) is 13.4. The fraction of sp³-hybridized carbons (Fsp3) is 1.00. The fourth-order valence-electron chi connectivity index (χ4n) is 1.76. The van der Waals surface area contributed by atoms with Gasteiger partial charge in [0.1, 0.15) is 0 Å². The van der Waals surface area contributed by atoms with Crippen LogP contribution in [-0.4, -0.2) is 16.5 Å². The van der Waals surface area contributed by atoms with Gasteiger partial charge >= 0.3 is 16.5 Å². The molecular weight excluding hydrogens is 295 g/mol. The van der Waals surface area contributed by atoms with Crippen LogP contribution in [0, 0.1) is 0 Å². The van der Waals surface area contributed by atoms with E-state index in [0.717, 1.165) is 0 Å². The normalized spacial score (nSPS) is 10.1. The van der Waals surface area contributed by atoms with Gasteiger partial charge in [0.15, 0.2) is 0 Å². The zero-order chi connectivity index (χ0) is 10.5. The molecule has 0 atom stereocenters. The third-order valence-electron chi connectivity index (χ3n) is 2.74. The maximum atomic E-state index is 2.61. The zero-order valence-electron chi connectivity index (χ0n) is 9.86. The lowest BCUT2D eigenvalue weighted by Crippen LogP contribution is -1.82. The van der Waals surface area contributed by atoms with Crippen LogP contribution in [0.25, 0.3) is 0 Å². The van der Waals surface area contributed by atoms with Gasteiger partial charge in [0, 0.05) is 0 Å². The summed E-state index contributed by atoms with van der Waals surface area (Å²) >= 11 is 2.94. The van der Waals surface area contributed by atoms with Crippen molar-refractivity contribution >= 4 is 35.3 Å². The monoisotopic (exact) mass is 320 g/mol. The molecule has 0 aromatic heterocycles. The van der Waals surface area contributed by atoms with Crippen molar-refractivity contribution in [3.8, 4) is 0 Å². The molecular formula is C12H25IMg. The van der Waals surface area contributed by atoms with Crippen molar-refractivity contribution < 1.29 is 0 Å². The van der Waals surface area contributed by atoms with E-state index in [0.29, 0.717) is 16.5 Å². The first-order valence-electron chi connectivity index (χ1n) is 6.47. The van der Waals surface area contributed by atoms with Gasteiger partial charge in [-0.3, -0.25) is 0 Å². The second kappa shape index (κ2) is 14.5. The van der Waals surface area contributed by atoms with Crippen LogP contribution in [0.1, 0.15) is 71.1 Å². The minimum absolute atomic E-state index is 0.330. The van der Waals surface area contributed by atoms with E-state index in [-0.39, 0.29) is 0 Å². The van der Waals surface area contributed by atoms with Gasteiger partial charge in [0.25, 0.3) is 0 Å². The highest BCUT2D eigenvalue weighted by Gasteiger charge is 1.93. The predicted octanol–water partition coefficient (Wildman–Crippen LogP) is 5.38. The molecule has 0 spiro atoms. The molecule has 0 amide bonds. The molecule has 0 N–H and O–H groups in total. The van der Waals surface area contributed by atoms with Crippen LogP contribution < -0.4 is 0 Å². The van der Waals surface area contributed by atoms with Crippen molar-refractivity contribution in [2.45, 2.75) is 75.7 Å². The number of unbranched alkanes of at least 4 members (excludes halogenated alkanes) is 9. The van der Waals surface area contributed by atoms with Crippen LogP contribution in [0.4, 0.5) is 0 Å². The lowest BCUT2D eigenvalue weighted by molar-refractivity contribution is 0.562. The van der Waals surface area contributed by atoms with E-state index >= 15 is 0 Å². The molecule has 0 saturated carbocycles. The molecule has 0 aliphatic heterocycles. The topological polar surface area (TPSA) is 0 Å². The highest BCUT2D eigenvalue weighted by molar-refractivity contribution is 14.1. The molecule has 0 aliphatic carbocycles. The second-order valence-electron chi connectivity index (χ2n) is 4.22. The number of halogens is 1. The Hall–Kier alpha value is 1.50. The Labute approximate surface area is 110 Å². The van der Waals surface area contributed by atoms with E-state index in [2.05, 4.69) is 25.8 Å². The largest absolute Gasteiger partial charge is 0.463 e. The maximum absolute atomic E-state index is 2.61. The lowest BCUT2D eigenvalue weighted by Gasteiger charge is -2.01. The maximum Gasteiger partial charge on any atom is 0.463 e. The molecule has 0 nitrogen and oxygen atoms in total. The van der Waals surface area contributed by atoms with Crippen LogP contribution >= 0.6 is 18.9 Å². The minimum Gasteiger partial charge on any atom is -0.301 e. The van der Waals surface area contributed by atoms with Crippen molar-refractivity contribution in [3.63, 3.8) is 0 Å². The first kappa shape index (κ1) is 15.5. The van der Waals surface area contributed by atoms with Gasteiger partial charge in [-0.2, -0.15) is 0 Å². The van der Waals surface area contributed by atoms with Gasteiger partial charge in [-0.1, -0.05) is 71.1 Å². The predicted molar refractivity (Wildman–Crippen MR) is 76.4 cm³/mol. The molecule has 2 heteroatoms. The molecule has 0 aromatic rings. The summed E-state index contributed by atoms with van der Waals surface area (Å²) in [5.74, 6) is 0. The standard InChI is InChI=1S/C12H25.HI.Mg/c1-3-5-7-9-11-12-10-8-6-4-2;;/h1,3-12H2,2H3;1H;/q;;+1/p-1. The number of hydrogen-bond donors (Lipinski definition) is 0. The van der Waals surface area contributed by atoms with Crippen LogP contribution in [-0.2, 0) is 0 Å². The van der Waals surface area contributed by atoms with Crippen molar-refractivity contribution in [3.05, 3.63) is 0 Å². The molecule has 0 aliphatic rings. The molecule has 14 heavy (non-hydrogen) atoms. The smallest absolute Gasteiger partial charge is 0.301 e. The Bertz CT molecular complexity index is 84.3. The van der Waals surface area contributed by atoms with Crippen LogP contribution in [0.15, 0.2) is 0 Å². The second-order valence-corrected chi connectivity index (χ2v) is 8.55. The van der Waals surface area contributed by atoms with Crippen molar-refractivity contribution in [1.29, 1.82) is 0 Å². The quantitative estimate of drug-likeness (QED) is 0.272. The van der Waals surface area contributed by atoms with Crippen molar-refractivity contribution in [1.82, 2.24) is 0 Å². The molecule has 0 saturated heterocycles. The van der Waals surface area contributed by atoms with E-state index in [1.54, 1.807) is 4.55 Å². The highest BCUT2D eigenvalue weighted by atomic mass is 127. The van der Waals surface area contributed by atoms with Gasteiger partial charge in [-0.25, -0.2) is 0 Å². The van der Waals surface area contributed by atoms with E-state index in [4.69, 9.17) is 0 Å². The summed E-state index contributed by atoms with van der Waals surface area (Å²) in [6.45, 7) is 2.29. The first-order chi connectivity index (χ1) is 6.91. The van der Waals surface area contributed by atoms with Gasteiger partial charge in [0.05, 0.1) is 0 Å². The molecule has 0 heterocycles. The Morgan fingerprint density at radius 3 is 1.57 bits per heavy atom. The van der Waals surface area contributed by atoms with E-state index < -0.39 is 0 Å². The summed E-state index contributed by atoms with van der Waals surface area (Å²) in [5, 5.41) is 0. The molecule has 0 fully saturated rings. The Morgan fingerprint density at radius 2 is 1.14 bits per heavy atom. The summed E-state index contributed by atoms with van der Waals surface area (Å²) in [5.41, 5.74) is 0. The fourth-order valence-corrected chi connectivity index (χ4v) is 3.92. The third kappa shape index (κ3) is 13.5. The lowest BCUT2D eigenvalue weighted by atomic mass is 10.1. The minimum atomic E-state index is 0.330. The molecule has 0 rings (SSSR count). The molecule has 0 bridgehead atoms. The van der Waals surface area contributed by atoms with Crippen LogP contribution in [0.3, 0.4) is 0 Å². The average Bonchev–Trinajstić information content (AvgIpc) is 2.21. The summed E-state index contributed by atoms with van der Waals surface area (Å²) in [4.78, 5) is 0. The highest BCUT2D eigenvalue weighted by Crippen LogP contribution is 2.11. The first-order valence-corrected chi connectivity index (χ1v) is 12.6. The summed E-state index contributed by atoms with van der Waals surface area (Å²) in [6.07, 6.45) is 14.8. The number of hydrogen-bond acceptors (Lipinski definition) is 0. The summed E-state index contributed by atoms with van der Waals surface area (Å²) < 4.78 is 1.57. The van der Waals surface area contributed by atoms with Crippen LogP contribution in [0.5, 0.6) is 0 Å². The van der Waals surface area contributed by atoms with E-state index in [1.807, 2.05) is 0 Å². The van der Waals surface area contributed by atoms with Crippen molar-refractivity contribution in [2.24, 2.45) is 0 Å². The van der Waals surface area contributed by atoms with Gasteiger partial charge in [-0.05, 0) is 0 Å². The van der Waals surface area contributed by atoms with Gasteiger partial charge < -0.3 is 18.9 Å². The van der Waals surface area contributed by atoms with E-state index in [1.165, 1.54) is 64.2 Å². The van der Waals surface area contributed by atoms with Gasteiger partial charge in [-0.15, -0.1) is 4.55 Å². The van der Waals surface area contributed by atoms with Crippen LogP contribution in [0.2, 0.25) is 4.55 Å². The SMILES string of the molecule is CCCCCCCCCCC[CH2][Mg][I]. The summed E-state index contributed by atoms with van der Waals surface area (Å²) in [7, 11) is 0. The average molecular weight is 321 g/mol.